The maximum Gasteiger partial charge on any atom is 0.416 e. The SMILES string of the molecule is CC(C)(C)OC(=O)N1CC(COc2cc(C(F)(F)F)ccc2O)C1. The highest BCUT2D eigenvalue weighted by Gasteiger charge is 2.35. The fourth-order valence-corrected chi connectivity index (χ4v) is 2.16. The molecule has 1 N–H and O–H groups in total. The van der Waals surface area contributed by atoms with Gasteiger partial charge >= 0.3 is 12.3 Å². The van der Waals surface area contributed by atoms with Gasteiger partial charge in [0.15, 0.2) is 11.5 Å². The Kier molecular flexibility index (Phi) is 4.87. The molecule has 0 radical (unpaired) electrons. The molecule has 1 aliphatic rings. The highest BCUT2D eigenvalue weighted by molar-refractivity contribution is 5.69. The summed E-state index contributed by atoms with van der Waals surface area (Å²) in [5.74, 6) is -0.599. The molecule has 0 unspecified atom stereocenters. The Labute approximate surface area is 138 Å². The van der Waals surface area contributed by atoms with Crippen molar-refractivity contribution in [3.63, 3.8) is 0 Å². The number of nitrogens with zero attached hydrogens (tertiary/aromatic N) is 1. The predicted molar refractivity (Wildman–Crippen MR) is 79.9 cm³/mol. The second kappa shape index (κ2) is 6.41. The van der Waals surface area contributed by atoms with Crippen LogP contribution in [0.4, 0.5) is 18.0 Å². The number of carbonyl (C=O) groups is 1. The van der Waals surface area contributed by atoms with E-state index in [4.69, 9.17) is 9.47 Å². The van der Waals surface area contributed by atoms with Crippen LogP contribution < -0.4 is 4.74 Å². The third kappa shape index (κ3) is 4.69. The van der Waals surface area contributed by atoms with Crippen LogP contribution in [0.2, 0.25) is 0 Å². The average molecular weight is 347 g/mol. The summed E-state index contributed by atoms with van der Waals surface area (Å²) in [4.78, 5) is 13.3. The first-order valence-electron chi connectivity index (χ1n) is 7.46. The molecule has 0 saturated carbocycles. The molecule has 0 bridgehead atoms. The zero-order valence-electron chi connectivity index (χ0n) is 13.7. The minimum absolute atomic E-state index is 0.0218. The van der Waals surface area contributed by atoms with Crippen molar-refractivity contribution >= 4 is 6.09 Å². The van der Waals surface area contributed by atoms with Gasteiger partial charge in [0.25, 0.3) is 0 Å². The quantitative estimate of drug-likeness (QED) is 0.907. The van der Waals surface area contributed by atoms with Crippen molar-refractivity contribution in [1.82, 2.24) is 4.90 Å². The molecule has 1 fully saturated rings. The number of halogens is 3. The van der Waals surface area contributed by atoms with Gasteiger partial charge in [-0.25, -0.2) is 4.79 Å². The highest BCUT2D eigenvalue weighted by Crippen LogP contribution is 2.36. The lowest BCUT2D eigenvalue weighted by Gasteiger charge is -2.39. The number of benzene rings is 1. The summed E-state index contributed by atoms with van der Waals surface area (Å²) in [7, 11) is 0. The largest absolute Gasteiger partial charge is 0.504 e. The number of phenolic OH excluding ortho intramolecular Hbond substituents is 1. The molecule has 1 amide bonds. The van der Waals surface area contributed by atoms with Crippen LogP contribution in [-0.4, -0.2) is 41.4 Å². The molecule has 0 aliphatic carbocycles. The predicted octanol–water partition coefficient (Wildman–Crippen LogP) is 3.66. The summed E-state index contributed by atoms with van der Waals surface area (Å²) in [5, 5.41) is 9.60. The van der Waals surface area contributed by atoms with Gasteiger partial charge < -0.3 is 19.5 Å². The van der Waals surface area contributed by atoms with E-state index < -0.39 is 23.4 Å². The van der Waals surface area contributed by atoms with Crippen molar-refractivity contribution in [3.8, 4) is 11.5 Å². The third-order valence-electron chi connectivity index (χ3n) is 3.37. The van der Waals surface area contributed by atoms with Crippen LogP contribution in [0.15, 0.2) is 18.2 Å². The van der Waals surface area contributed by atoms with Gasteiger partial charge in [0.2, 0.25) is 0 Å². The van der Waals surface area contributed by atoms with E-state index in [0.717, 1.165) is 18.2 Å². The van der Waals surface area contributed by atoms with Crippen molar-refractivity contribution in [3.05, 3.63) is 23.8 Å². The molecule has 8 heteroatoms. The molecular weight excluding hydrogens is 327 g/mol. The molecule has 1 aromatic carbocycles. The summed E-state index contributed by atoms with van der Waals surface area (Å²) in [6.07, 6.45) is -4.93. The first-order chi connectivity index (χ1) is 11.0. The number of aromatic hydroxyl groups is 1. The van der Waals surface area contributed by atoms with E-state index in [1.807, 2.05) is 0 Å². The Morgan fingerprint density at radius 3 is 2.46 bits per heavy atom. The number of hydrogen-bond donors (Lipinski definition) is 1. The van der Waals surface area contributed by atoms with Gasteiger partial charge in [0.1, 0.15) is 5.60 Å². The average Bonchev–Trinajstić information content (AvgIpc) is 2.35. The Balaban J connectivity index is 1.85. The Morgan fingerprint density at radius 2 is 1.92 bits per heavy atom. The monoisotopic (exact) mass is 347 g/mol. The Hall–Kier alpha value is -2.12. The van der Waals surface area contributed by atoms with Crippen molar-refractivity contribution in [2.75, 3.05) is 19.7 Å². The van der Waals surface area contributed by atoms with Crippen LogP contribution in [0.1, 0.15) is 26.3 Å². The van der Waals surface area contributed by atoms with Crippen LogP contribution in [0.25, 0.3) is 0 Å². The van der Waals surface area contributed by atoms with Crippen molar-refractivity contribution in [2.24, 2.45) is 5.92 Å². The fraction of sp³-hybridized carbons (Fsp3) is 0.562. The van der Waals surface area contributed by atoms with E-state index in [0.29, 0.717) is 13.1 Å². The maximum atomic E-state index is 12.7. The van der Waals surface area contributed by atoms with Crippen LogP contribution in [0.3, 0.4) is 0 Å². The highest BCUT2D eigenvalue weighted by atomic mass is 19.4. The summed E-state index contributed by atoms with van der Waals surface area (Å²) < 4.78 is 48.5. The first-order valence-corrected chi connectivity index (χ1v) is 7.46. The second-order valence-electron chi connectivity index (χ2n) is 6.74. The van der Waals surface area contributed by atoms with Crippen molar-refractivity contribution in [1.29, 1.82) is 0 Å². The summed E-state index contributed by atoms with van der Waals surface area (Å²) in [5.41, 5.74) is -1.47. The van der Waals surface area contributed by atoms with Crippen LogP contribution in [0.5, 0.6) is 11.5 Å². The standard InChI is InChI=1S/C16H20F3NO4/c1-15(2,3)24-14(22)20-7-10(8-20)9-23-13-6-11(16(17,18)19)4-5-12(13)21/h4-6,10,21H,7-9H2,1-3H3. The molecule has 1 aliphatic heterocycles. The minimum atomic E-state index is -4.50. The molecule has 0 aromatic heterocycles. The van der Waals surface area contributed by atoms with E-state index >= 15 is 0 Å². The second-order valence-corrected chi connectivity index (χ2v) is 6.74. The van der Waals surface area contributed by atoms with Crippen LogP contribution in [0, 0.1) is 5.92 Å². The Bertz CT molecular complexity index is 604. The number of likely N-dealkylation sites (tertiary alicyclic amines) is 1. The van der Waals surface area contributed by atoms with Gasteiger partial charge in [-0.2, -0.15) is 13.2 Å². The number of amides is 1. The lowest BCUT2D eigenvalue weighted by molar-refractivity contribution is -0.137. The number of hydrogen-bond acceptors (Lipinski definition) is 4. The number of ether oxygens (including phenoxy) is 2. The zero-order chi connectivity index (χ0) is 18.1. The van der Waals surface area contributed by atoms with Crippen LogP contribution in [-0.2, 0) is 10.9 Å². The third-order valence-corrected chi connectivity index (χ3v) is 3.37. The fourth-order valence-electron chi connectivity index (χ4n) is 2.16. The van der Waals surface area contributed by atoms with E-state index in [-0.39, 0.29) is 24.0 Å². The Morgan fingerprint density at radius 1 is 1.29 bits per heavy atom. The normalized spacial score (nSPS) is 15.8. The molecule has 1 saturated heterocycles. The van der Waals surface area contributed by atoms with Gasteiger partial charge in [-0.1, -0.05) is 0 Å². The summed E-state index contributed by atoms with van der Waals surface area (Å²) in [6, 6.07) is 2.50. The molecule has 134 valence electrons. The molecule has 1 heterocycles. The van der Waals surface area contributed by atoms with Gasteiger partial charge in [-0.05, 0) is 39.0 Å². The maximum absolute atomic E-state index is 12.7. The van der Waals surface area contributed by atoms with Crippen molar-refractivity contribution < 1.29 is 32.5 Å². The topological polar surface area (TPSA) is 59.0 Å². The minimum Gasteiger partial charge on any atom is -0.504 e. The summed E-state index contributed by atoms with van der Waals surface area (Å²) >= 11 is 0. The number of rotatable bonds is 3. The molecule has 0 spiro atoms. The van der Waals surface area contributed by atoms with E-state index in [1.165, 1.54) is 4.90 Å². The molecule has 1 aromatic rings. The summed E-state index contributed by atoms with van der Waals surface area (Å²) in [6.45, 7) is 6.20. The number of alkyl halides is 3. The molecular formula is C16H20F3NO4. The lowest BCUT2D eigenvalue weighted by atomic mass is 10.0. The van der Waals surface area contributed by atoms with Crippen molar-refractivity contribution in [2.45, 2.75) is 32.5 Å². The number of carbonyl (C=O) groups excluding carboxylic acids is 1. The molecule has 5 nitrogen and oxygen atoms in total. The number of phenols is 1. The van der Waals surface area contributed by atoms with Gasteiger partial charge in [-0.15, -0.1) is 0 Å². The van der Waals surface area contributed by atoms with Gasteiger partial charge in [0.05, 0.1) is 12.2 Å². The van der Waals surface area contributed by atoms with E-state index in [9.17, 15) is 23.1 Å². The zero-order valence-corrected chi connectivity index (χ0v) is 13.7. The van der Waals surface area contributed by atoms with Gasteiger partial charge in [0, 0.05) is 19.0 Å². The molecule has 0 atom stereocenters. The smallest absolute Gasteiger partial charge is 0.416 e. The molecule has 2 rings (SSSR count). The van der Waals surface area contributed by atoms with E-state index in [1.54, 1.807) is 20.8 Å². The lowest BCUT2D eigenvalue weighted by Crippen LogP contribution is -2.53. The first kappa shape index (κ1) is 18.2. The van der Waals surface area contributed by atoms with E-state index in [2.05, 4.69) is 0 Å². The molecule has 24 heavy (non-hydrogen) atoms. The van der Waals surface area contributed by atoms with Crippen LogP contribution >= 0.6 is 0 Å². The van der Waals surface area contributed by atoms with Gasteiger partial charge in [-0.3, -0.25) is 0 Å².